The molecule has 0 aliphatic carbocycles. The van der Waals surface area contributed by atoms with Crippen molar-refractivity contribution in [1.29, 1.82) is 5.26 Å². The molecule has 0 aliphatic rings. The number of benzene rings is 2. The fourth-order valence-electron chi connectivity index (χ4n) is 2.54. The molecule has 0 atom stereocenters. The summed E-state index contributed by atoms with van der Waals surface area (Å²) in [5, 5.41) is 19.9. The number of fused-ring (bicyclic) bond motifs is 1. The molecule has 1 N–H and O–H groups in total. The van der Waals surface area contributed by atoms with Crippen molar-refractivity contribution in [3.05, 3.63) is 65.7 Å². The number of hydrogen-bond donors (Lipinski definition) is 1. The smallest absolute Gasteiger partial charge is 0.155 e. The van der Waals surface area contributed by atoms with Crippen LogP contribution in [0, 0.1) is 18.3 Å². The van der Waals surface area contributed by atoms with Gasteiger partial charge in [-0.25, -0.2) is 4.98 Å². The Kier molecular flexibility index (Phi) is 4.59. The average Bonchev–Trinajstić information content (AvgIpc) is 2.91. The fraction of sp³-hybridized carbons (Fsp3) is 0.158. The van der Waals surface area contributed by atoms with Crippen molar-refractivity contribution in [2.24, 2.45) is 7.05 Å². The molecule has 0 unspecified atom stereocenters. The monoisotopic (exact) mass is 335 g/mol. The van der Waals surface area contributed by atoms with E-state index >= 15 is 0 Å². The molecule has 0 fully saturated rings. The molecule has 0 saturated heterocycles. The highest BCUT2D eigenvalue weighted by Gasteiger charge is 2.16. The summed E-state index contributed by atoms with van der Waals surface area (Å²) in [6.07, 6.45) is 0. The summed E-state index contributed by atoms with van der Waals surface area (Å²) in [6.45, 7) is 2.03. The highest BCUT2D eigenvalue weighted by Crippen LogP contribution is 2.26. The summed E-state index contributed by atoms with van der Waals surface area (Å²) in [4.78, 5) is 5.55. The molecule has 3 aromatic rings. The van der Waals surface area contributed by atoms with Gasteiger partial charge in [0.15, 0.2) is 5.82 Å². The second-order valence-corrected chi connectivity index (χ2v) is 6.57. The number of hydrogen-bond acceptors (Lipinski definition) is 4. The SMILES string of the molecule is Cc1cccc(SC/C(O)=C(/C#N)c2nc3ccccc3n2C)c1. The molecule has 24 heavy (non-hydrogen) atoms. The molecule has 0 bridgehead atoms. The number of aryl methyl sites for hydroxylation is 2. The maximum Gasteiger partial charge on any atom is 0.155 e. The number of aromatic nitrogens is 2. The normalized spacial score (nSPS) is 12.0. The molecule has 0 aliphatic heterocycles. The molecule has 1 heterocycles. The minimum Gasteiger partial charge on any atom is -0.510 e. The number of imidazole rings is 1. The third-order valence-corrected chi connectivity index (χ3v) is 4.78. The van der Waals surface area contributed by atoms with Crippen molar-refractivity contribution in [3.63, 3.8) is 0 Å². The molecule has 120 valence electrons. The summed E-state index contributed by atoms with van der Waals surface area (Å²) < 4.78 is 1.83. The average molecular weight is 335 g/mol. The van der Waals surface area contributed by atoms with E-state index in [0.29, 0.717) is 11.6 Å². The van der Waals surface area contributed by atoms with Crippen molar-refractivity contribution in [3.8, 4) is 6.07 Å². The van der Waals surface area contributed by atoms with Gasteiger partial charge < -0.3 is 9.67 Å². The first-order chi connectivity index (χ1) is 11.6. The zero-order valence-corrected chi connectivity index (χ0v) is 14.3. The Labute approximate surface area is 145 Å². The van der Waals surface area contributed by atoms with Gasteiger partial charge in [0.2, 0.25) is 0 Å². The molecule has 0 radical (unpaired) electrons. The number of rotatable bonds is 4. The second-order valence-electron chi connectivity index (χ2n) is 5.52. The Hall–Kier alpha value is -2.71. The van der Waals surface area contributed by atoms with E-state index in [0.717, 1.165) is 15.9 Å². The first-order valence-corrected chi connectivity index (χ1v) is 8.52. The first-order valence-electron chi connectivity index (χ1n) is 7.53. The molecule has 0 amide bonds. The minimum atomic E-state index is 0.0439. The number of aliphatic hydroxyl groups excluding tert-OH is 1. The van der Waals surface area contributed by atoms with E-state index in [-0.39, 0.29) is 11.3 Å². The maximum atomic E-state index is 10.4. The molecule has 5 heteroatoms. The van der Waals surface area contributed by atoms with Crippen LogP contribution in [0.3, 0.4) is 0 Å². The molecule has 0 spiro atoms. The Bertz CT molecular complexity index is 966. The lowest BCUT2D eigenvalue weighted by molar-refractivity contribution is 0.420. The summed E-state index contributed by atoms with van der Waals surface area (Å²) in [5.41, 5.74) is 3.12. The van der Waals surface area contributed by atoms with E-state index in [1.165, 1.54) is 17.3 Å². The Balaban J connectivity index is 1.92. The number of nitriles is 1. The highest BCUT2D eigenvalue weighted by molar-refractivity contribution is 7.99. The van der Waals surface area contributed by atoms with Crippen LogP contribution >= 0.6 is 11.8 Å². The van der Waals surface area contributed by atoms with Crippen molar-refractivity contribution in [1.82, 2.24) is 9.55 Å². The third kappa shape index (κ3) is 3.15. The quantitative estimate of drug-likeness (QED) is 0.434. The molecule has 0 saturated carbocycles. The summed E-state index contributed by atoms with van der Waals surface area (Å²) in [6, 6.07) is 17.8. The molecule has 3 rings (SSSR count). The zero-order valence-electron chi connectivity index (χ0n) is 13.5. The maximum absolute atomic E-state index is 10.4. The van der Waals surface area contributed by atoms with Crippen LogP contribution in [0.15, 0.2) is 59.2 Å². The van der Waals surface area contributed by atoms with Crippen LogP contribution in [0.1, 0.15) is 11.4 Å². The Morgan fingerprint density at radius 1 is 1.25 bits per heavy atom. The number of thioether (sulfide) groups is 1. The standard InChI is InChI=1S/C19H17N3OS/c1-13-6-5-7-14(10-13)24-12-18(23)15(11-20)19-21-16-8-3-4-9-17(16)22(19)2/h3-10,23H,12H2,1-2H3/b18-15+. The van der Waals surface area contributed by atoms with Gasteiger partial charge in [0.1, 0.15) is 17.4 Å². The first kappa shape index (κ1) is 16.2. The third-order valence-electron chi connectivity index (χ3n) is 3.78. The zero-order chi connectivity index (χ0) is 17.1. The molecule has 1 aromatic heterocycles. The lowest BCUT2D eigenvalue weighted by Crippen LogP contribution is -2.00. The Morgan fingerprint density at radius 3 is 2.75 bits per heavy atom. The van der Waals surface area contributed by atoms with Crippen molar-refractivity contribution < 1.29 is 5.11 Å². The van der Waals surface area contributed by atoms with Crippen LogP contribution in [0.5, 0.6) is 0 Å². The minimum absolute atomic E-state index is 0.0439. The predicted molar refractivity (Wildman–Crippen MR) is 97.8 cm³/mol. The fourth-order valence-corrected chi connectivity index (χ4v) is 3.43. The van der Waals surface area contributed by atoms with Crippen LogP contribution in [0.4, 0.5) is 0 Å². The van der Waals surface area contributed by atoms with Gasteiger partial charge >= 0.3 is 0 Å². The van der Waals surface area contributed by atoms with Crippen LogP contribution in [0.25, 0.3) is 16.6 Å². The van der Waals surface area contributed by atoms with Gasteiger partial charge in [-0.05, 0) is 31.2 Å². The number of nitrogens with zero attached hydrogens (tertiary/aromatic N) is 3. The van der Waals surface area contributed by atoms with Gasteiger partial charge in [0, 0.05) is 11.9 Å². The molecule has 4 nitrogen and oxygen atoms in total. The van der Waals surface area contributed by atoms with Crippen molar-refractivity contribution in [2.45, 2.75) is 11.8 Å². The summed E-state index contributed by atoms with van der Waals surface area (Å²) in [5.74, 6) is 0.860. The van der Waals surface area contributed by atoms with E-state index in [1.54, 1.807) is 0 Å². The van der Waals surface area contributed by atoms with Crippen LogP contribution in [-0.2, 0) is 7.05 Å². The van der Waals surface area contributed by atoms with E-state index in [1.807, 2.05) is 61.0 Å². The van der Waals surface area contributed by atoms with Crippen molar-refractivity contribution >= 4 is 28.4 Å². The lowest BCUT2D eigenvalue weighted by Gasteiger charge is -2.06. The van der Waals surface area contributed by atoms with E-state index in [4.69, 9.17) is 0 Å². The van der Waals surface area contributed by atoms with E-state index < -0.39 is 0 Å². The van der Waals surface area contributed by atoms with Gasteiger partial charge in [0.05, 0.1) is 16.8 Å². The van der Waals surface area contributed by atoms with E-state index in [9.17, 15) is 10.4 Å². The molecular weight excluding hydrogens is 318 g/mol. The second kappa shape index (κ2) is 6.81. The number of allylic oxidation sites excluding steroid dienone is 1. The lowest BCUT2D eigenvalue weighted by atomic mass is 10.2. The van der Waals surface area contributed by atoms with Crippen LogP contribution in [0.2, 0.25) is 0 Å². The van der Waals surface area contributed by atoms with Gasteiger partial charge in [-0.3, -0.25) is 0 Å². The van der Waals surface area contributed by atoms with Gasteiger partial charge in [0.25, 0.3) is 0 Å². The number of para-hydroxylation sites is 2. The summed E-state index contributed by atoms with van der Waals surface area (Å²) >= 11 is 1.50. The number of aliphatic hydroxyl groups is 1. The molecular formula is C19H17N3OS. The predicted octanol–water partition coefficient (Wildman–Crippen LogP) is 4.47. The summed E-state index contributed by atoms with van der Waals surface area (Å²) in [7, 11) is 1.85. The molecule has 2 aromatic carbocycles. The van der Waals surface area contributed by atoms with E-state index in [2.05, 4.69) is 17.1 Å². The van der Waals surface area contributed by atoms with Crippen LogP contribution in [-0.4, -0.2) is 20.4 Å². The van der Waals surface area contributed by atoms with Gasteiger partial charge in [-0.15, -0.1) is 11.8 Å². The van der Waals surface area contributed by atoms with Gasteiger partial charge in [-0.2, -0.15) is 5.26 Å². The largest absolute Gasteiger partial charge is 0.510 e. The van der Waals surface area contributed by atoms with Crippen LogP contribution < -0.4 is 0 Å². The topological polar surface area (TPSA) is 61.8 Å². The highest BCUT2D eigenvalue weighted by atomic mass is 32.2. The van der Waals surface area contributed by atoms with Gasteiger partial charge in [-0.1, -0.05) is 29.8 Å². The van der Waals surface area contributed by atoms with Crippen molar-refractivity contribution in [2.75, 3.05) is 5.75 Å². The Morgan fingerprint density at radius 2 is 2.04 bits per heavy atom.